The van der Waals surface area contributed by atoms with Crippen molar-refractivity contribution in [3.63, 3.8) is 0 Å². The predicted molar refractivity (Wildman–Crippen MR) is 138 cm³/mol. The van der Waals surface area contributed by atoms with Gasteiger partial charge in [-0.3, -0.25) is 0 Å². The number of aliphatic hydroxyl groups excluding tert-OH is 9. The molecule has 11 unspecified atom stereocenters. The first kappa shape index (κ1) is 31.0. The van der Waals surface area contributed by atoms with Crippen molar-refractivity contribution in [2.45, 2.75) is 67.5 Å². The summed E-state index contributed by atoms with van der Waals surface area (Å²) in [6.45, 7) is -1.40. The zero-order chi connectivity index (χ0) is 31.2. The number of aromatic hydroxyl groups is 2. The lowest BCUT2D eigenvalue weighted by Crippen LogP contribution is -2.59. The molecule has 236 valence electrons. The van der Waals surface area contributed by atoms with Crippen LogP contribution in [0.4, 0.5) is 0 Å². The molecule has 0 radical (unpaired) electrons. The van der Waals surface area contributed by atoms with Crippen LogP contribution in [0.3, 0.4) is 0 Å². The van der Waals surface area contributed by atoms with Crippen LogP contribution < -0.4 is 0 Å². The van der Waals surface area contributed by atoms with Crippen molar-refractivity contribution in [2.75, 3.05) is 13.2 Å². The minimum Gasteiger partial charge on any atom is -0.507 e. The summed E-state index contributed by atoms with van der Waals surface area (Å²) in [5.41, 5.74) is 0.233. The van der Waals surface area contributed by atoms with Crippen LogP contribution in [0.1, 0.15) is 5.56 Å². The maximum atomic E-state index is 10.9. The summed E-state index contributed by atoms with van der Waals surface area (Å²) in [5, 5.41) is 111. The van der Waals surface area contributed by atoms with E-state index in [0.717, 1.165) is 18.2 Å². The van der Waals surface area contributed by atoms with Crippen molar-refractivity contribution in [2.24, 2.45) is 0 Å². The zero-order valence-electron chi connectivity index (χ0n) is 22.2. The second-order valence-electron chi connectivity index (χ2n) is 10.3. The molecule has 1 aliphatic carbocycles. The van der Waals surface area contributed by atoms with Gasteiger partial charge < -0.3 is 79.9 Å². The van der Waals surface area contributed by atoms with Crippen molar-refractivity contribution >= 4 is 5.76 Å². The van der Waals surface area contributed by atoms with Crippen molar-refractivity contribution in [3.05, 3.63) is 64.8 Å². The molecule has 3 aliphatic heterocycles. The quantitative estimate of drug-likeness (QED) is 0.138. The van der Waals surface area contributed by atoms with E-state index in [0.29, 0.717) is 0 Å². The molecular weight excluding hydrogens is 580 g/mol. The monoisotopic (exact) mass is 612 g/mol. The van der Waals surface area contributed by atoms with E-state index in [1.165, 1.54) is 18.2 Å². The Kier molecular flexibility index (Phi) is 8.87. The number of allylic oxidation sites excluding steroid dienone is 2. The molecule has 16 nitrogen and oxygen atoms in total. The summed E-state index contributed by atoms with van der Waals surface area (Å²) in [6.07, 6.45) is -13.3. The molecule has 0 aromatic heterocycles. The summed E-state index contributed by atoms with van der Waals surface area (Å²) in [7, 11) is 0. The number of ether oxygens (including phenoxy) is 5. The van der Waals surface area contributed by atoms with Gasteiger partial charge in [0.15, 0.2) is 23.0 Å². The molecule has 43 heavy (non-hydrogen) atoms. The van der Waals surface area contributed by atoms with Gasteiger partial charge >= 0.3 is 0 Å². The molecule has 11 N–H and O–H groups in total. The summed E-state index contributed by atoms with van der Waals surface area (Å²) in [6, 6.07) is 3.65. The largest absolute Gasteiger partial charge is 0.507 e. The van der Waals surface area contributed by atoms with Crippen LogP contribution in [0.25, 0.3) is 5.76 Å². The van der Waals surface area contributed by atoms with Gasteiger partial charge in [-0.1, -0.05) is 0 Å². The number of benzene rings is 1. The molecule has 4 aliphatic rings. The van der Waals surface area contributed by atoms with Crippen LogP contribution in [-0.4, -0.2) is 137 Å². The molecule has 5 rings (SSSR count). The van der Waals surface area contributed by atoms with Gasteiger partial charge in [0.05, 0.1) is 13.2 Å². The third kappa shape index (κ3) is 5.89. The standard InChI is InChI=1S/C27H32O16/c28-7-17-19(33)21(35)23(37)26(42-17)39-10-4-13(31)11-6-16(41-27-24(38)22(36)20(34)18(8-29)43-27)25(40-15(11)5-10)9-1-2-12(30)14(32)3-9/h1-6,15,17-24,26-38H,7-8H2. The molecule has 0 saturated carbocycles. The molecule has 3 heterocycles. The first-order valence-electron chi connectivity index (χ1n) is 13.2. The van der Waals surface area contributed by atoms with Crippen LogP contribution in [0.2, 0.25) is 0 Å². The Hall–Kier alpha value is -3.42. The van der Waals surface area contributed by atoms with E-state index >= 15 is 0 Å². The molecule has 2 saturated heterocycles. The second-order valence-corrected chi connectivity index (χ2v) is 10.3. The summed E-state index contributed by atoms with van der Waals surface area (Å²) in [4.78, 5) is 0. The number of phenols is 2. The molecule has 0 spiro atoms. The fourth-order valence-electron chi connectivity index (χ4n) is 4.92. The lowest BCUT2D eigenvalue weighted by atomic mass is 9.96. The van der Waals surface area contributed by atoms with E-state index in [4.69, 9.17) is 23.7 Å². The van der Waals surface area contributed by atoms with E-state index in [1.54, 1.807) is 0 Å². The van der Waals surface area contributed by atoms with Crippen molar-refractivity contribution < 1.29 is 79.9 Å². The van der Waals surface area contributed by atoms with Crippen LogP contribution in [-0.2, 0) is 23.7 Å². The van der Waals surface area contributed by atoms with E-state index in [9.17, 15) is 56.2 Å². The Bertz CT molecular complexity index is 1320. The van der Waals surface area contributed by atoms with Crippen molar-refractivity contribution in [1.82, 2.24) is 0 Å². The van der Waals surface area contributed by atoms with Gasteiger partial charge in [-0.15, -0.1) is 0 Å². The van der Waals surface area contributed by atoms with Gasteiger partial charge in [0.1, 0.15) is 66.5 Å². The molecule has 1 aromatic carbocycles. The van der Waals surface area contributed by atoms with Gasteiger partial charge in [0.25, 0.3) is 0 Å². The van der Waals surface area contributed by atoms with Gasteiger partial charge in [-0.05, 0) is 24.3 Å². The second kappa shape index (κ2) is 12.3. The number of hydrogen-bond acceptors (Lipinski definition) is 16. The molecule has 1 aromatic rings. The minimum atomic E-state index is -1.79. The molecule has 2 fully saturated rings. The van der Waals surface area contributed by atoms with Crippen LogP contribution >= 0.6 is 0 Å². The Labute approximate surface area is 243 Å². The molecule has 11 atom stereocenters. The van der Waals surface area contributed by atoms with Crippen LogP contribution in [0.15, 0.2) is 59.3 Å². The number of phenolic OH excluding ortho intramolecular Hbond substituents is 2. The van der Waals surface area contributed by atoms with Crippen LogP contribution in [0.5, 0.6) is 11.5 Å². The maximum Gasteiger partial charge on any atom is 0.229 e. The van der Waals surface area contributed by atoms with Gasteiger partial charge in [-0.2, -0.15) is 0 Å². The van der Waals surface area contributed by atoms with E-state index < -0.39 is 98.0 Å². The van der Waals surface area contributed by atoms with Crippen LogP contribution in [0, 0.1) is 0 Å². The average molecular weight is 613 g/mol. The Morgan fingerprint density at radius 2 is 1.26 bits per heavy atom. The van der Waals surface area contributed by atoms with Gasteiger partial charge in [0, 0.05) is 23.3 Å². The highest BCUT2D eigenvalue weighted by molar-refractivity contribution is 5.70. The van der Waals surface area contributed by atoms with Crippen molar-refractivity contribution in [1.29, 1.82) is 0 Å². The normalized spacial score (nSPS) is 37.9. The van der Waals surface area contributed by atoms with E-state index in [2.05, 4.69) is 0 Å². The average Bonchev–Trinajstić information content (AvgIpc) is 2.99. The highest BCUT2D eigenvalue weighted by atomic mass is 16.7. The lowest BCUT2D eigenvalue weighted by molar-refractivity contribution is -0.290. The number of rotatable bonds is 7. The molecular formula is C27H32O16. The van der Waals surface area contributed by atoms with E-state index in [-0.39, 0.29) is 28.4 Å². The lowest BCUT2D eigenvalue weighted by Gasteiger charge is -2.41. The Morgan fingerprint density at radius 3 is 1.81 bits per heavy atom. The fourth-order valence-corrected chi connectivity index (χ4v) is 4.92. The Morgan fingerprint density at radius 1 is 0.674 bits per heavy atom. The maximum absolute atomic E-state index is 10.9. The third-order valence-electron chi connectivity index (χ3n) is 7.38. The first-order chi connectivity index (χ1) is 20.4. The number of aliphatic hydroxyl groups is 9. The summed E-state index contributed by atoms with van der Waals surface area (Å²) >= 11 is 0. The fraction of sp³-hybridized carbons (Fsp3) is 0.481. The third-order valence-corrected chi connectivity index (χ3v) is 7.38. The van der Waals surface area contributed by atoms with E-state index in [1.807, 2.05) is 0 Å². The highest BCUT2D eigenvalue weighted by Gasteiger charge is 2.47. The minimum absolute atomic E-state index is 0.0903. The van der Waals surface area contributed by atoms with Crippen molar-refractivity contribution in [3.8, 4) is 11.5 Å². The SMILES string of the molecule is OCC1OC(OC2=CC3OC(c4ccc(O)c(O)c4)=C(OC4OC(CO)C(O)C(O)C4O)C=C3C(O)=C2)C(O)C(O)C1O. The first-order valence-corrected chi connectivity index (χ1v) is 13.2. The topological polar surface area (TPSA) is 269 Å². The highest BCUT2D eigenvalue weighted by Crippen LogP contribution is 2.40. The molecule has 0 bridgehead atoms. The van der Waals surface area contributed by atoms with Gasteiger partial charge in [-0.25, -0.2) is 0 Å². The number of hydrogen-bond donors (Lipinski definition) is 11. The smallest absolute Gasteiger partial charge is 0.229 e. The predicted octanol–water partition coefficient (Wildman–Crippen LogP) is -2.94. The molecule has 16 heteroatoms. The summed E-state index contributed by atoms with van der Waals surface area (Å²) in [5.74, 6) is -1.79. The Balaban J connectivity index is 1.46. The zero-order valence-corrected chi connectivity index (χ0v) is 22.2. The number of fused-ring (bicyclic) bond motifs is 1. The molecule has 0 amide bonds. The van der Waals surface area contributed by atoms with Gasteiger partial charge in [0.2, 0.25) is 12.6 Å². The summed E-state index contributed by atoms with van der Waals surface area (Å²) < 4.78 is 28.3.